The van der Waals surface area contributed by atoms with Crippen molar-refractivity contribution in [1.82, 2.24) is 15.1 Å². The number of nitrogens with one attached hydrogen (secondary N) is 2. The average molecular weight is 240 g/mol. The van der Waals surface area contributed by atoms with Crippen molar-refractivity contribution in [3.8, 4) is 0 Å². The van der Waals surface area contributed by atoms with Gasteiger partial charge in [0.1, 0.15) is 0 Å². The number of carbonyl (C=O) groups excluding carboxylic acids is 1. The van der Waals surface area contributed by atoms with Crippen molar-refractivity contribution in [2.75, 3.05) is 11.9 Å². The number of rotatable bonds is 5. The van der Waals surface area contributed by atoms with Crippen LogP contribution in [0.2, 0.25) is 0 Å². The van der Waals surface area contributed by atoms with E-state index in [4.69, 9.17) is 0 Å². The van der Waals surface area contributed by atoms with E-state index in [1.54, 1.807) is 24.0 Å². The SMILES string of the molecule is CCC(O)(CC)CNC(=O)Nc1ccn(C)n1. The topological polar surface area (TPSA) is 79.2 Å². The highest BCUT2D eigenvalue weighted by Crippen LogP contribution is 2.12. The number of amides is 2. The van der Waals surface area contributed by atoms with Crippen LogP contribution >= 0.6 is 0 Å². The Labute approximate surface area is 101 Å². The van der Waals surface area contributed by atoms with Gasteiger partial charge in [0.2, 0.25) is 0 Å². The van der Waals surface area contributed by atoms with E-state index < -0.39 is 5.60 Å². The molecular formula is C11H20N4O2. The average Bonchev–Trinajstić information content (AvgIpc) is 2.72. The van der Waals surface area contributed by atoms with Gasteiger partial charge in [-0.25, -0.2) is 4.79 Å². The molecule has 0 saturated heterocycles. The zero-order valence-corrected chi connectivity index (χ0v) is 10.5. The maximum atomic E-state index is 11.5. The molecule has 0 aliphatic carbocycles. The minimum atomic E-state index is -0.832. The zero-order chi connectivity index (χ0) is 12.9. The van der Waals surface area contributed by atoms with Gasteiger partial charge in [-0.15, -0.1) is 0 Å². The van der Waals surface area contributed by atoms with Crippen LogP contribution in [0.5, 0.6) is 0 Å². The fourth-order valence-electron chi connectivity index (χ4n) is 1.39. The van der Waals surface area contributed by atoms with E-state index in [1.807, 2.05) is 13.8 Å². The summed E-state index contributed by atoms with van der Waals surface area (Å²) in [7, 11) is 1.77. The van der Waals surface area contributed by atoms with Crippen molar-refractivity contribution < 1.29 is 9.90 Å². The van der Waals surface area contributed by atoms with E-state index in [9.17, 15) is 9.90 Å². The lowest BCUT2D eigenvalue weighted by Gasteiger charge is -2.25. The molecule has 17 heavy (non-hydrogen) atoms. The van der Waals surface area contributed by atoms with E-state index >= 15 is 0 Å². The van der Waals surface area contributed by atoms with Gasteiger partial charge < -0.3 is 10.4 Å². The minimum absolute atomic E-state index is 0.235. The normalized spacial score (nSPS) is 11.3. The first-order valence-electron chi connectivity index (χ1n) is 5.76. The predicted octanol–water partition coefficient (Wildman–Crippen LogP) is 1.09. The van der Waals surface area contributed by atoms with Crippen molar-refractivity contribution >= 4 is 11.8 Å². The molecule has 1 heterocycles. The van der Waals surface area contributed by atoms with Gasteiger partial charge >= 0.3 is 6.03 Å². The van der Waals surface area contributed by atoms with Crippen molar-refractivity contribution in [1.29, 1.82) is 0 Å². The van der Waals surface area contributed by atoms with Crippen LogP contribution in [0.15, 0.2) is 12.3 Å². The smallest absolute Gasteiger partial charge is 0.320 e. The summed E-state index contributed by atoms with van der Waals surface area (Å²) in [5.74, 6) is 0.488. The summed E-state index contributed by atoms with van der Waals surface area (Å²) >= 11 is 0. The van der Waals surface area contributed by atoms with Crippen molar-refractivity contribution in [2.24, 2.45) is 7.05 Å². The number of aryl methyl sites for hydroxylation is 1. The van der Waals surface area contributed by atoms with E-state index in [0.29, 0.717) is 18.7 Å². The van der Waals surface area contributed by atoms with E-state index in [2.05, 4.69) is 15.7 Å². The van der Waals surface area contributed by atoms with Crippen LogP contribution in [0, 0.1) is 0 Å². The van der Waals surface area contributed by atoms with Crippen LogP contribution in [0.25, 0.3) is 0 Å². The van der Waals surface area contributed by atoms with Crippen LogP contribution in [-0.2, 0) is 7.05 Å². The number of urea groups is 1. The fraction of sp³-hybridized carbons (Fsp3) is 0.636. The van der Waals surface area contributed by atoms with Gasteiger partial charge in [-0.05, 0) is 12.8 Å². The lowest BCUT2D eigenvalue weighted by atomic mass is 9.98. The number of nitrogens with zero attached hydrogens (tertiary/aromatic N) is 2. The number of anilines is 1. The summed E-state index contributed by atoms with van der Waals surface area (Å²) in [6.45, 7) is 4.02. The Hall–Kier alpha value is -1.56. The molecule has 0 aliphatic heterocycles. The Morgan fingerprint density at radius 1 is 1.53 bits per heavy atom. The summed E-state index contributed by atoms with van der Waals surface area (Å²) in [5, 5.41) is 19.2. The molecule has 0 spiro atoms. The van der Waals surface area contributed by atoms with Gasteiger partial charge in [0.05, 0.1) is 5.60 Å². The van der Waals surface area contributed by atoms with Crippen LogP contribution < -0.4 is 10.6 Å². The van der Waals surface area contributed by atoms with Gasteiger partial charge in [-0.2, -0.15) is 5.10 Å². The maximum Gasteiger partial charge on any atom is 0.320 e. The summed E-state index contributed by atoms with van der Waals surface area (Å²) in [5.41, 5.74) is -0.832. The molecule has 0 aliphatic rings. The third-order valence-electron chi connectivity index (χ3n) is 2.85. The van der Waals surface area contributed by atoms with Crippen LogP contribution in [0.4, 0.5) is 10.6 Å². The molecule has 0 radical (unpaired) electrons. The van der Waals surface area contributed by atoms with E-state index in [-0.39, 0.29) is 12.6 Å². The first kappa shape index (κ1) is 13.5. The van der Waals surface area contributed by atoms with Crippen molar-refractivity contribution in [3.05, 3.63) is 12.3 Å². The second-order valence-corrected chi connectivity index (χ2v) is 4.11. The Morgan fingerprint density at radius 2 is 2.18 bits per heavy atom. The van der Waals surface area contributed by atoms with Crippen LogP contribution in [0.3, 0.4) is 0 Å². The molecule has 0 unspecified atom stereocenters. The van der Waals surface area contributed by atoms with Gasteiger partial charge in [0, 0.05) is 25.9 Å². The molecule has 2 amide bonds. The Balaban J connectivity index is 2.40. The second-order valence-electron chi connectivity index (χ2n) is 4.11. The van der Waals surface area contributed by atoms with Crippen molar-refractivity contribution in [2.45, 2.75) is 32.3 Å². The lowest BCUT2D eigenvalue weighted by Crippen LogP contribution is -2.43. The maximum absolute atomic E-state index is 11.5. The van der Waals surface area contributed by atoms with Crippen molar-refractivity contribution in [3.63, 3.8) is 0 Å². The number of carbonyl (C=O) groups is 1. The minimum Gasteiger partial charge on any atom is -0.388 e. The van der Waals surface area contributed by atoms with Crippen LogP contribution in [-0.4, -0.2) is 33.1 Å². The predicted molar refractivity (Wildman–Crippen MR) is 65.8 cm³/mol. The highest BCUT2D eigenvalue weighted by molar-refractivity contribution is 5.88. The summed E-state index contributed by atoms with van der Waals surface area (Å²) in [6, 6.07) is 1.34. The van der Waals surface area contributed by atoms with E-state index in [0.717, 1.165) is 0 Å². The van der Waals surface area contributed by atoms with E-state index in [1.165, 1.54) is 0 Å². The van der Waals surface area contributed by atoms with Gasteiger partial charge in [0.25, 0.3) is 0 Å². The molecule has 3 N–H and O–H groups in total. The van der Waals surface area contributed by atoms with Gasteiger partial charge in [-0.1, -0.05) is 13.8 Å². The lowest BCUT2D eigenvalue weighted by molar-refractivity contribution is 0.0354. The molecule has 96 valence electrons. The monoisotopic (exact) mass is 240 g/mol. The molecule has 0 aromatic carbocycles. The standard InChI is InChI=1S/C11H20N4O2/c1-4-11(17,5-2)8-12-10(16)13-9-6-7-15(3)14-9/h6-7,17H,4-5,8H2,1-3H3,(H2,12,13,14,16). The van der Waals surface area contributed by atoms with Gasteiger partial charge in [-0.3, -0.25) is 10.00 Å². The Kier molecular flexibility index (Phi) is 4.51. The summed E-state index contributed by atoms with van der Waals surface area (Å²) < 4.78 is 1.60. The second kappa shape index (κ2) is 5.67. The Morgan fingerprint density at radius 3 is 2.65 bits per heavy atom. The number of aliphatic hydroxyl groups is 1. The van der Waals surface area contributed by atoms with Crippen LogP contribution in [0.1, 0.15) is 26.7 Å². The number of hydrogen-bond acceptors (Lipinski definition) is 3. The molecule has 0 saturated carbocycles. The summed E-state index contributed by atoms with van der Waals surface area (Å²) in [6.07, 6.45) is 2.95. The molecule has 1 aromatic rings. The molecule has 6 nitrogen and oxygen atoms in total. The fourth-order valence-corrected chi connectivity index (χ4v) is 1.39. The third kappa shape index (κ3) is 4.07. The van der Waals surface area contributed by atoms with Gasteiger partial charge in [0.15, 0.2) is 5.82 Å². The molecule has 0 bridgehead atoms. The number of hydrogen-bond donors (Lipinski definition) is 3. The first-order chi connectivity index (χ1) is 7.99. The number of aromatic nitrogens is 2. The molecule has 1 rings (SSSR count). The summed E-state index contributed by atoms with van der Waals surface area (Å²) in [4.78, 5) is 11.5. The molecule has 1 aromatic heterocycles. The first-order valence-corrected chi connectivity index (χ1v) is 5.76. The molecular weight excluding hydrogens is 220 g/mol. The largest absolute Gasteiger partial charge is 0.388 e. The highest BCUT2D eigenvalue weighted by atomic mass is 16.3. The zero-order valence-electron chi connectivity index (χ0n) is 10.5. The Bertz CT molecular complexity index is 371. The molecule has 6 heteroatoms. The molecule has 0 atom stereocenters. The highest BCUT2D eigenvalue weighted by Gasteiger charge is 2.22. The molecule has 0 fully saturated rings. The third-order valence-corrected chi connectivity index (χ3v) is 2.85. The quantitative estimate of drug-likeness (QED) is 0.721.